The number of fused-ring (bicyclic) bond motifs is 1. The second-order valence-corrected chi connectivity index (χ2v) is 7.79. The van der Waals surface area contributed by atoms with Crippen LogP contribution in [0.15, 0.2) is 60.7 Å². The minimum atomic E-state index is -0.721. The Kier molecular flexibility index (Phi) is 5.91. The van der Waals surface area contributed by atoms with E-state index in [9.17, 15) is 4.79 Å². The van der Waals surface area contributed by atoms with Crippen LogP contribution in [0.2, 0.25) is 5.02 Å². The summed E-state index contributed by atoms with van der Waals surface area (Å²) in [4.78, 5) is 17.2. The lowest BCUT2D eigenvalue weighted by Crippen LogP contribution is -2.36. The number of para-hydroxylation sites is 1. The van der Waals surface area contributed by atoms with Crippen molar-refractivity contribution >= 4 is 28.5 Å². The Hall–Kier alpha value is -3.38. The highest BCUT2D eigenvalue weighted by atomic mass is 35.5. The lowest BCUT2D eigenvalue weighted by molar-refractivity contribution is -0.127. The fraction of sp³-hybridized carbons (Fsp3) is 0.208. The van der Waals surface area contributed by atoms with Crippen molar-refractivity contribution in [2.24, 2.45) is 0 Å². The molecule has 0 saturated carbocycles. The SMILES string of the molecule is Cc1cc(O[C@H](C)C(=O)NCc2ccccc2Cl)nc2c1c(C)nn2-c1ccccc1. The fourth-order valence-corrected chi connectivity index (χ4v) is 3.69. The first-order valence-corrected chi connectivity index (χ1v) is 10.4. The summed E-state index contributed by atoms with van der Waals surface area (Å²) in [5.74, 6) is 0.134. The number of hydrogen-bond acceptors (Lipinski definition) is 4. The molecule has 0 bridgehead atoms. The first-order chi connectivity index (χ1) is 14.9. The Labute approximate surface area is 185 Å². The van der Waals surface area contributed by atoms with Gasteiger partial charge in [-0.3, -0.25) is 4.79 Å². The van der Waals surface area contributed by atoms with Crippen LogP contribution in [0.3, 0.4) is 0 Å². The van der Waals surface area contributed by atoms with E-state index in [2.05, 4.69) is 15.4 Å². The quantitative estimate of drug-likeness (QED) is 0.474. The van der Waals surface area contributed by atoms with Crippen LogP contribution in [0.4, 0.5) is 0 Å². The van der Waals surface area contributed by atoms with E-state index >= 15 is 0 Å². The molecular weight excluding hydrogens is 412 g/mol. The van der Waals surface area contributed by atoms with Gasteiger partial charge in [0.05, 0.1) is 11.4 Å². The number of benzene rings is 2. The van der Waals surface area contributed by atoms with E-state index in [4.69, 9.17) is 16.3 Å². The molecule has 0 aliphatic heterocycles. The Bertz CT molecular complexity index is 1240. The molecule has 31 heavy (non-hydrogen) atoms. The number of hydrogen-bond donors (Lipinski definition) is 1. The number of halogens is 1. The van der Waals surface area contributed by atoms with Crippen molar-refractivity contribution in [1.29, 1.82) is 0 Å². The molecular formula is C24H23ClN4O2. The molecule has 0 aliphatic carbocycles. The number of carbonyl (C=O) groups excluding carboxylic acids is 1. The lowest BCUT2D eigenvalue weighted by atomic mass is 10.1. The average molecular weight is 435 g/mol. The van der Waals surface area contributed by atoms with Crippen LogP contribution >= 0.6 is 11.6 Å². The molecule has 2 heterocycles. The van der Waals surface area contributed by atoms with Gasteiger partial charge in [-0.05, 0) is 50.1 Å². The van der Waals surface area contributed by atoms with Gasteiger partial charge < -0.3 is 10.1 Å². The number of nitrogens with zero attached hydrogens (tertiary/aromatic N) is 3. The van der Waals surface area contributed by atoms with E-state index in [1.807, 2.05) is 68.4 Å². The normalized spacial score (nSPS) is 12.0. The highest BCUT2D eigenvalue weighted by molar-refractivity contribution is 6.31. The van der Waals surface area contributed by atoms with Gasteiger partial charge in [0.15, 0.2) is 11.8 Å². The van der Waals surface area contributed by atoms with Crippen molar-refractivity contribution in [3.63, 3.8) is 0 Å². The average Bonchev–Trinajstić information content (AvgIpc) is 3.10. The summed E-state index contributed by atoms with van der Waals surface area (Å²) < 4.78 is 7.68. The third kappa shape index (κ3) is 4.39. The van der Waals surface area contributed by atoms with E-state index < -0.39 is 6.10 Å². The molecule has 6 nitrogen and oxygen atoms in total. The topological polar surface area (TPSA) is 69.0 Å². The van der Waals surface area contributed by atoms with E-state index in [0.29, 0.717) is 23.1 Å². The summed E-state index contributed by atoms with van der Waals surface area (Å²) in [6.45, 7) is 5.98. The maximum absolute atomic E-state index is 12.5. The molecule has 0 fully saturated rings. The summed E-state index contributed by atoms with van der Waals surface area (Å²) in [6, 6.07) is 19.1. The van der Waals surface area contributed by atoms with Gasteiger partial charge in [-0.15, -0.1) is 0 Å². The van der Waals surface area contributed by atoms with Gasteiger partial charge in [-0.25, -0.2) is 4.68 Å². The number of ether oxygens (including phenoxy) is 1. The molecule has 4 rings (SSSR count). The maximum Gasteiger partial charge on any atom is 0.261 e. The van der Waals surface area contributed by atoms with Crippen molar-refractivity contribution in [3.8, 4) is 11.6 Å². The zero-order valence-corrected chi connectivity index (χ0v) is 18.3. The fourth-order valence-electron chi connectivity index (χ4n) is 3.49. The summed E-state index contributed by atoms with van der Waals surface area (Å²) in [5, 5.41) is 9.11. The number of rotatable bonds is 6. The number of pyridine rings is 1. The first kappa shape index (κ1) is 20.9. The Morgan fingerprint density at radius 1 is 1.13 bits per heavy atom. The van der Waals surface area contributed by atoms with Crippen LogP contribution in [0.25, 0.3) is 16.7 Å². The van der Waals surface area contributed by atoms with Gasteiger partial charge in [0.25, 0.3) is 5.91 Å². The Balaban J connectivity index is 1.55. The predicted molar refractivity (Wildman–Crippen MR) is 122 cm³/mol. The standard InChI is InChI=1S/C24H23ClN4O2/c1-15-13-21(31-17(3)24(30)26-14-18-9-7-8-12-20(18)25)27-23-22(15)16(2)28-29(23)19-10-5-4-6-11-19/h4-13,17H,14H2,1-3H3,(H,26,30)/t17-/m1/s1. The number of aromatic nitrogens is 3. The highest BCUT2D eigenvalue weighted by Crippen LogP contribution is 2.27. The maximum atomic E-state index is 12.5. The summed E-state index contributed by atoms with van der Waals surface area (Å²) in [7, 11) is 0. The molecule has 0 aliphatic rings. The summed E-state index contributed by atoms with van der Waals surface area (Å²) >= 11 is 6.16. The van der Waals surface area contributed by atoms with E-state index in [1.54, 1.807) is 17.7 Å². The molecule has 0 unspecified atom stereocenters. The molecule has 4 aromatic rings. The van der Waals surface area contributed by atoms with Crippen LogP contribution < -0.4 is 10.1 Å². The minimum absolute atomic E-state index is 0.243. The van der Waals surface area contributed by atoms with Crippen LogP contribution in [-0.4, -0.2) is 26.8 Å². The van der Waals surface area contributed by atoms with Gasteiger partial charge >= 0.3 is 0 Å². The number of aryl methyl sites for hydroxylation is 2. The van der Waals surface area contributed by atoms with Gasteiger partial charge in [0.1, 0.15) is 0 Å². The Morgan fingerprint density at radius 2 is 1.84 bits per heavy atom. The highest BCUT2D eigenvalue weighted by Gasteiger charge is 2.19. The van der Waals surface area contributed by atoms with Gasteiger partial charge in [-0.1, -0.05) is 48.0 Å². The molecule has 158 valence electrons. The zero-order chi connectivity index (χ0) is 22.0. The molecule has 1 amide bonds. The summed E-state index contributed by atoms with van der Waals surface area (Å²) in [5.41, 5.74) is 4.34. The van der Waals surface area contributed by atoms with Crippen LogP contribution in [0.5, 0.6) is 5.88 Å². The second kappa shape index (κ2) is 8.78. The van der Waals surface area contributed by atoms with Crippen molar-refractivity contribution in [2.45, 2.75) is 33.4 Å². The Morgan fingerprint density at radius 3 is 2.58 bits per heavy atom. The molecule has 0 radical (unpaired) electrons. The van der Waals surface area contributed by atoms with Crippen LogP contribution in [-0.2, 0) is 11.3 Å². The minimum Gasteiger partial charge on any atom is -0.464 e. The van der Waals surface area contributed by atoms with Crippen molar-refractivity contribution in [3.05, 3.63) is 82.5 Å². The van der Waals surface area contributed by atoms with Crippen molar-refractivity contribution < 1.29 is 9.53 Å². The molecule has 1 atom stereocenters. The number of carbonyl (C=O) groups is 1. The van der Waals surface area contributed by atoms with Crippen LogP contribution in [0.1, 0.15) is 23.7 Å². The first-order valence-electron chi connectivity index (χ1n) is 10.0. The lowest BCUT2D eigenvalue weighted by Gasteiger charge is -2.15. The zero-order valence-electron chi connectivity index (χ0n) is 17.6. The third-order valence-electron chi connectivity index (χ3n) is 5.06. The monoisotopic (exact) mass is 434 g/mol. The molecule has 2 aromatic heterocycles. The molecule has 2 aromatic carbocycles. The molecule has 1 N–H and O–H groups in total. The van der Waals surface area contributed by atoms with Crippen molar-refractivity contribution in [2.75, 3.05) is 0 Å². The molecule has 7 heteroatoms. The molecule has 0 saturated heterocycles. The van der Waals surface area contributed by atoms with Gasteiger partial charge in [0, 0.05) is 23.0 Å². The van der Waals surface area contributed by atoms with Gasteiger partial charge in [0.2, 0.25) is 5.88 Å². The van der Waals surface area contributed by atoms with Gasteiger partial charge in [-0.2, -0.15) is 10.1 Å². The number of amides is 1. The third-order valence-corrected chi connectivity index (χ3v) is 5.43. The smallest absolute Gasteiger partial charge is 0.261 e. The predicted octanol–water partition coefficient (Wildman–Crippen LogP) is 4.77. The summed E-state index contributed by atoms with van der Waals surface area (Å²) in [6.07, 6.45) is -0.721. The van der Waals surface area contributed by atoms with Crippen molar-refractivity contribution in [1.82, 2.24) is 20.1 Å². The van der Waals surface area contributed by atoms with E-state index in [1.165, 1.54) is 0 Å². The number of nitrogens with one attached hydrogen (secondary N) is 1. The largest absolute Gasteiger partial charge is 0.464 e. The second-order valence-electron chi connectivity index (χ2n) is 7.38. The van der Waals surface area contributed by atoms with E-state index in [-0.39, 0.29) is 5.91 Å². The van der Waals surface area contributed by atoms with E-state index in [0.717, 1.165) is 27.9 Å². The molecule has 0 spiro atoms. The van der Waals surface area contributed by atoms with Crippen LogP contribution in [0, 0.1) is 13.8 Å².